The van der Waals surface area contributed by atoms with E-state index in [0.717, 1.165) is 19.3 Å². The Labute approximate surface area is 150 Å². The zero-order valence-corrected chi connectivity index (χ0v) is 14.4. The molecule has 2 aromatic carbocycles. The van der Waals surface area contributed by atoms with Gasteiger partial charge < -0.3 is 5.32 Å². The average Bonchev–Trinajstić information content (AvgIpc) is 2.70. The lowest BCUT2D eigenvalue weighted by Gasteiger charge is -2.22. The molecule has 4 rings (SSSR count). The van der Waals surface area contributed by atoms with Crippen molar-refractivity contribution in [2.24, 2.45) is 0 Å². The molecule has 1 unspecified atom stereocenters. The highest BCUT2D eigenvalue weighted by Crippen LogP contribution is 2.28. The summed E-state index contributed by atoms with van der Waals surface area (Å²) in [7, 11) is 0. The second-order valence-electron chi connectivity index (χ2n) is 6.61. The third-order valence-corrected chi connectivity index (χ3v) is 4.76. The third-order valence-electron chi connectivity index (χ3n) is 4.76. The molecule has 0 amide bonds. The lowest BCUT2D eigenvalue weighted by atomic mass is 9.94. The fraction of sp³-hybridized carbons (Fsp3) is 0.167. The fourth-order valence-corrected chi connectivity index (χ4v) is 3.45. The normalized spacial score (nSPS) is 19.3. The summed E-state index contributed by atoms with van der Waals surface area (Å²) in [4.78, 5) is 0. The maximum Gasteiger partial charge on any atom is 0.0479 e. The number of hydrogen-bond acceptors (Lipinski definition) is 1. The smallest absolute Gasteiger partial charge is 0.0479 e. The molecule has 0 bridgehead atoms. The lowest BCUT2D eigenvalue weighted by Crippen LogP contribution is -2.27. The first-order chi connectivity index (χ1) is 12.4. The minimum absolute atomic E-state index is 0.422. The molecule has 1 atom stereocenters. The Kier molecular flexibility index (Phi) is 4.65. The molecule has 0 saturated carbocycles. The Morgan fingerprint density at radius 3 is 2.52 bits per heavy atom. The highest BCUT2D eigenvalue weighted by Gasteiger charge is 2.11. The van der Waals surface area contributed by atoms with Gasteiger partial charge in [-0.1, -0.05) is 78.9 Å². The molecule has 124 valence electrons. The van der Waals surface area contributed by atoms with Gasteiger partial charge in [0.05, 0.1) is 0 Å². The van der Waals surface area contributed by atoms with Gasteiger partial charge in [0.25, 0.3) is 0 Å². The van der Waals surface area contributed by atoms with Crippen LogP contribution in [0.4, 0.5) is 0 Å². The molecule has 1 heteroatoms. The molecule has 25 heavy (non-hydrogen) atoms. The van der Waals surface area contributed by atoms with Crippen molar-refractivity contribution in [3.63, 3.8) is 0 Å². The monoisotopic (exact) mass is 325 g/mol. The second-order valence-corrected chi connectivity index (χ2v) is 6.61. The molecule has 0 spiro atoms. The zero-order valence-electron chi connectivity index (χ0n) is 14.4. The lowest BCUT2D eigenvalue weighted by molar-refractivity contribution is 0.645. The topological polar surface area (TPSA) is 12.0 Å². The van der Waals surface area contributed by atoms with Crippen LogP contribution in [-0.2, 0) is 0 Å². The highest BCUT2D eigenvalue weighted by molar-refractivity contribution is 5.79. The summed E-state index contributed by atoms with van der Waals surface area (Å²) in [5.41, 5.74) is 6.49. The fourth-order valence-electron chi connectivity index (χ4n) is 3.45. The standard InChI is InChI=1S/C24H23N/c1-3-9-19(10-4-1)20-11-7-12-21(17-20)22-13-8-16-24(18-22)25-23-14-5-2-6-15-23/h1-7,9-14,17-18,23,25H,8,15-16H2. The van der Waals surface area contributed by atoms with E-state index >= 15 is 0 Å². The van der Waals surface area contributed by atoms with Crippen molar-refractivity contribution in [1.29, 1.82) is 0 Å². The summed E-state index contributed by atoms with van der Waals surface area (Å²) >= 11 is 0. The summed E-state index contributed by atoms with van der Waals surface area (Å²) < 4.78 is 0. The first kappa shape index (κ1) is 15.7. The molecular formula is C24H23N. The largest absolute Gasteiger partial charge is 0.382 e. The molecule has 0 aromatic heterocycles. The van der Waals surface area contributed by atoms with Gasteiger partial charge in [0, 0.05) is 11.7 Å². The van der Waals surface area contributed by atoms with Crippen molar-refractivity contribution < 1.29 is 0 Å². The summed E-state index contributed by atoms with van der Waals surface area (Å²) in [6.45, 7) is 0. The Bertz CT molecular complexity index is 853. The van der Waals surface area contributed by atoms with Gasteiger partial charge in [0.15, 0.2) is 0 Å². The van der Waals surface area contributed by atoms with Crippen molar-refractivity contribution in [1.82, 2.24) is 5.32 Å². The molecule has 2 aromatic rings. The van der Waals surface area contributed by atoms with E-state index in [1.54, 1.807) is 0 Å². The molecule has 2 aliphatic rings. The van der Waals surface area contributed by atoms with Gasteiger partial charge in [-0.15, -0.1) is 0 Å². The van der Waals surface area contributed by atoms with Crippen molar-refractivity contribution in [2.45, 2.75) is 25.3 Å². The number of hydrogen-bond donors (Lipinski definition) is 1. The van der Waals surface area contributed by atoms with E-state index in [4.69, 9.17) is 0 Å². The van der Waals surface area contributed by atoms with Crippen LogP contribution in [0.15, 0.2) is 96.8 Å². The first-order valence-corrected chi connectivity index (χ1v) is 9.05. The Balaban J connectivity index is 1.56. The molecule has 1 N–H and O–H groups in total. The Morgan fingerprint density at radius 2 is 1.68 bits per heavy atom. The van der Waals surface area contributed by atoms with Crippen molar-refractivity contribution >= 4 is 5.57 Å². The quantitative estimate of drug-likeness (QED) is 0.739. The van der Waals surface area contributed by atoms with E-state index in [-0.39, 0.29) is 0 Å². The predicted molar refractivity (Wildman–Crippen MR) is 107 cm³/mol. The molecule has 0 aliphatic heterocycles. The van der Waals surface area contributed by atoms with E-state index in [2.05, 4.69) is 96.4 Å². The maximum atomic E-state index is 3.69. The molecule has 0 saturated heterocycles. The van der Waals surface area contributed by atoms with Crippen LogP contribution in [0.3, 0.4) is 0 Å². The molecule has 0 radical (unpaired) electrons. The van der Waals surface area contributed by atoms with Gasteiger partial charge in [0.1, 0.15) is 0 Å². The predicted octanol–water partition coefficient (Wildman–Crippen LogP) is 5.89. The zero-order chi connectivity index (χ0) is 16.9. The van der Waals surface area contributed by atoms with Crippen LogP contribution in [0, 0.1) is 0 Å². The maximum absolute atomic E-state index is 3.69. The van der Waals surface area contributed by atoms with Crippen LogP contribution in [0.1, 0.15) is 24.8 Å². The summed E-state index contributed by atoms with van der Waals surface area (Å²) in [6.07, 6.45) is 16.6. The van der Waals surface area contributed by atoms with Crippen LogP contribution in [0.25, 0.3) is 16.7 Å². The van der Waals surface area contributed by atoms with Gasteiger partial charge in [0.2, 0.25) is 0 Å². The highest BCUT2D eigenvalue weighted by atomic mass is 14.9. The molecule has 0 fully saturated rings. The van der Waals surface area contributed by atoms with Gasteiger partial charge in [-0.25, -0.2) is 0 Å². The molecule has 0 heterocycles. The van der Waals surface area contributed by atoms with Crippen LogP contribution >= 0.6 is 0 Å². The third kappa shape index (κ3) is 3.83. The Hall–Kier alpha value is -2.80. The second kappa shape index (κ2) is 7.40. The summed E-state index contributed by atoms with van der Waals surface area (Å²) in [5, 5.41) is 3.69. The van der Waals surface area contributed by atoms with Crippen molar-refractivity contribution in [3.8, 4) is 11.1 Å². The van der Waals surface area contributed by atoms with Crippen LogP contribution in [0.2, 0.25) is 0 Å². The Morgan fingerprint density at radius 1 is 0.840 bits per heavy atom. The molecule has 1 nitrogen and oxygen atoms in total. The molecule has 2 aliphatic carbocycles. The summed E-state index contributed by atoms with van der Waals surface area (Å²) in [5.74, 6) is 0. The van der Waals surface area contributed by atoms with Gasteiger partial charge in [-0.2, -0.15) is 0 Å². The number of allylic oxidation sites excluding steroid dienone is 6. The van der Waals surface area contributed by atoms with Gasteiger partial charge >= 0.3 is 0 Å². The molecular weight excluding hydrogens is 302 g/mol. The van der Waals surface area contributed by atoms with E-state index in [9.17, 15) is 0 Å². The number of benzene rings is 2. The van der Waals surface area contributed by atoms with Crippen molar-refractivity contribution in [3.05, 3.63) is 102 Å². The first-order valence-electron chi connectivity index (χ1n) is 9.05. The number of rotatable bonds is 4. The van der Waals surface area contributed by atoms with Crippen molar-refractivity contribution in [2.75, 3.05) is 0 Å². The van der Waals surface area contributed by atoms with E-state index in [1.165, 1.54) is 28.0 Å². The van der Waals surface area contributed by atoms with Crippen LogP contribution in [0.5, 0.6) is 0 Å². The summed E-state index contributed by atoms with van der Waals surface area (Å²) in [6, 6.07) is 19.8. The van der Waals surface area contributed by atoms with E-state index in [0.29, 0.717) is 6.04 Å². The van der Waals surface area contributed by atoms with E-state index in [1.807, 2.05) is 0 Å². The SMILES string of the molecule is C1=CCC(NC2=CC(c3cccc(-c4ccccc4)c3)=CCC2)C=C1. The van der Waals surface area contributed by atoms with Crippen LogP contribution in [-0.4, -0.2) is 6.04 Å². The minimum Gasteiger partial charge on any atom is -0.382 e. The van der Waals surface area contributed by atoms with Crippen LogP contribution < -0.4 is 5.32 Å². The van der Waals surface area contributed by atoms with Gasteiger partial charge in [-0.3, -0.25) is 0 Å². The van der Waals surface area contributed by atoms with E-state index < -0.39 is 0 Å². The average molecular weight is 325 g/mol. The number of nitrogens with one attached hydrogen (secondary N) is 1. The minimum atomic E-state index is 0.422. The van der Waals surface area contributed by atoms with Gasteiger partial charge in [-0.05, 0) is 53.7 Å².